The summed E-state index contributed by atoms with van der Waals surface area (Å²) in [4.78, 5) is 4.39. The van der Waals surface area contributed by atoms with E-state index < -0.39 is 0 Å². The Morgan fingerprint density at radius 3 is 3.18 bits per heavy atom. The fourth-order valence-electron chi connectivity index (χ4n) is 2.37. The zero-order valence-corrected chi connectivity index (χ0v) is 10.9. The molecule has 2 unspecified atom stereocenters. The van der Waals surface area contributed by atoms with Gasteiger partial charge in [-0.15, -0.1) is 0 Å². The molecule has 1 N–H and O–H groups in total. The highest BCUT2D eigenvalue weighted by molar-refractivity contribution is 4.92. The zero-order chi connectivity index (χ0) is 12.1. The molecule has 1 aliphatic heterocycles. The van der Waals surface area contributed by atoms with E-state index in [0.717, 1.165) is 38.5 Å². The van der Waals surface area contributed by atoms with E-state index in [9.17, 15) is 0 Å². The molecule has 17 heavy (non-hydrogen) atoms. The van der Waals surface area contributed by atoms with Crippen LogP contribution in [0, 0.1) is 5.92 Å². The molecule has 2 atom stereocenters. The molecule has 0 amide bonds. The molecule has 1 fully saturated rings. The van der Waals surface area contributed by atoms with Crippen molar-refractivity contribution in [3.63, 3.8) is 0 Å². The number of hydrogen-bond acceptors (Lipinski definition) is 3. The third-order valence-corrected chi connectivity index (χ3v) is 3.49. The van der Waals surface area contributed by atoms with Gasteiger partial charge in [-0.2, -0.15) is 0 Å². The molecule has 4 nitrogen and oxygen atoms in total. The molecular formula is C13H23N3O. The van der Waals surface area contributed by atoms with Gasteiger partial charge in [0.1, 0.15) is 5.82 Å². The van der Waals surface area contributed by atoms with Gasteiger partial charge in [0.05, 0.1) is 12.6 Å². The van der Waals surface area contributed by atoms with E-state index in [1.165, 1.54) is 6.42 Å². The van der Waals surface area contributed by atoms with Crippen molar-refractivity contribution in [3.05, 3.63) is 18.2 Å². The summed E-state index contributed by atoms with van der Waals surface area (Å²) in [6.07, 6.45) is 6.67. The second kappa shape index (κ2) is 6.17. The second-order valence-corrected chi connectivity index (χ2v) is 4.79. The maximum absolute atomic E-state index is 5.55. The molecule has 2 heterocycles. The molecular weight excluding hydrogens is 214 g/mol. The summed E-state index contributed by atoms with van der Waals surface area (Å²) in [5, 5.41) is 3.50. The Bertz CT molecular complexity index is 337. The average molecular weight is 237 g/mol. The van der Waals surface area contributed by atoms with Crippen molar-refractivity contribution in [2.45, 2.75) is 45.9 Å². The Kier molecular flexibility index (Phi) is 4.57. The SMILES string of the molecule is CCCn1ccnc1CNCC1CCOC1C. The first-order chi connectivity index (χ1) is 8.31. The topological polar surface area (TPSA) is 39.1 Å². The van der Waals surface area contributed by atoms with E-state index in [1.807, 2.05) is 6.20 Å². The normalized spacial score (nSPS) is 24.4. The molecule has 0 aromatic carbocycles. The summed E-state index contributed by atoms with van der Waals surface area (Å²) < 4.78 is 7.78. The number of nitrogens with zero attached hydrogens (tertiary/aromatic N) is 2. The van der Waals surface area contributed by atoms with Gasteiger partial charge in [-0.25, -0.2) is 4.98 Å². The first-order valence-corrected chi connectivity index (χ1v) is 6.63. The molecule has 2 rings (SSSR count). The van der Waals surface area contributed by atoms with Crippen molar-refractivity contribution in [3.8, 4) is 0 Å². The van der Waals surface area contributed by atoms with Crippen molar-refractivity contribution in [2.24, 2.45) is 5.92 Å². The van der Waals surface area contributed by atoms with Crippen molar-refractivity contribution >= 4 is 0 Å². The maximum Gasteiger partial charge on any atom is 0.122 e. The van der Waals surface area contributed by atoms with Crippen LogP contribution >= 0.6 is 0 Å². The fourth-order valence-corrected chi connectivity index (χ4v) is 2.37. The number of rotatable bonds is 6. The smallest absolute Gasteiger partial charge is 0.122 e. The van der Waals surface area contributed by atoms with Crippen molar-refractivity contribution in [1.29, 1.82) is 0 Å². The summed E-state index contributed by atoms with van der Waals surface area (Å²) in [6.45, 7) is 8.21. The third kappa shape index (κ3) is 3.30. The minimum Gasteiger partial charge on any atom is -0.378 e. The molecule has 0 aliphatic carbocycles. The number of aryl methyl sites for hydroxylation is 1. The van der Waals surface area contributed by atoms with Gasteiger partial charge >= 0.3 is 0 Å². The molecule has 1 aromatic heterocycles. The van der Waals surface area contributed by atoms with Gasteiger partial charge in [-0.1, -0.05) is 6.92 Å². The summed E-state index contributed by atoms with van der Waals surface area (Å²) in [7, 11) is 0. The van der Waals surface area contributed by atoms with E-state index >= 15 is 0 Å². The quantitative estimate of drug-likeness (QED) is 0.820. The van der Waals surface area contributed by atoms with Crippen LogP contribution in [0.25, 0.3) is 0 Å². The van der Waals surface area contributed by atoms with Crippen LogP contribution in [0.1, 0.15) is 32.5 Å². The monoisotopic (exact) mass is 237 g/mol. The predicted molar refractivity (Wildman–Crippen MR) is 67.7 cm³/mol. The Hall–Kier alpha value is -0.870. The molecule has 0 radical (unpaired) electrons. The molecule has 1 saturated heterocycles. The summed E-state index contributed by atoms with van der Waals surface area (Å²) in [5.74, 6) is 1.79. The number of nitrogens with one attached hydrogen (secondary N) is 1. The molecule has 0 spiro atoms. The minimum atomic E-state index is 0.401. The molecule has 4 heteroatoms. The van der Waals surface area contributed by atoms with Gasteiger partial charge in [0.25, 0.3) is 0 Å². The molecule has 0 saturated carbocycles. The number of imidazole rings is 1. The number of aromatic nitrogens is 2. The molecule has 96 valence electrons. The Morgan fingerprint density at radius 1 is 1.59 bits per heavy atom. The van der Waals surface area contributed by atoms with Crippen LogP contribution in [0.5, 0.6) is 0 Å². The van der Waals surface area contributed by atoms with E-state index in [-0.39, 0.29) is 0 Å². The van der Waals surface area contributed by atoms with Crippen molar-refractivity contribution in [2.75, 3.05) is 13.2 Å². The summed E-state index contributed by atoms with van der Waals surface area (Å²) >= 11 is 0. The average Bonchev–Trinajstić information content (AvgIpc) is 2.90. The Balaban J connectivity index is 1.75. The lowest BCUT2D eigenvalue weighted by Crippen LogP contribution is -2.27. The highest BCUT2D eigenvalue weighted by atomic mass is 16.5. The van der Waals surface area contributed by atoms with Crippen molar-refractivity contribution < 1.29 is 4.74 Å². The summed E-state index contributed by atoms with van der Waals surface area (Å²) in [6, 6.07) is 0. The van der Waals surface area contributed by atoms with Gasteiger partial charge < -0.3 is 14.6 Å². The second-order valence-electron chi connectivity index (χ2n) is 4.79. The number of ether oxygens (including phenoxy) is 1. The van der Waals surface area contributed by atoms with E-state index in [2.05, 4.69) is 34.9 Å². The molecule has 0 bridgehead atoms. The van der Waals surface area contributed by atoms with Crippen LogP contribution in [-0.4, -0.2) is 28.8 Å². The van der Waals surface area contributed by atoms with Crippen LogP contribution in [0.4, 0.5) is 0 Å². The lowest BCUT2D eigenvalue weighted by molar-refractivity contribution is 0.105. The highest BCUT2D eigenvalue weighted by Gasteiger charge is 2.23. The Labute approximate surface area is 103 Å². The van der Waals surface area contributed by atoms with Crippen LogP contribution in [0.2, 0.25) is 0 Å². The molecule has 1 aliphatic rings. The van der Waals surface area contributed by atoms with Crippen LogP contribution in [0.3, 0.4) is 0 Å². The largest absolute Gasteiger partial charge is 0.378 e. The predicted octanol–water partition coefficient (Wildman–Crippen LogP) is 1.81. The highest BCUT2D eigenvalue weighted by Crippen LogP contribution is 2.19. The zero-order valence-electron chi connectivity index (χ0n) is 10.9. The van der Waals surface area contributed by atoms with Crippen LogP contribution in [0.15, 0.2) is 12.4 Å². The van der Waals surface area contributed by atoms with E-state index in [4.69, 9.17) is 4.74 Å². The van der Waals surface area contributed by atoms with E-state index in [0.29, 0.717) is 12.0 Å². The van der Waals surface area contributed by atoms with Gasteiger partial charge in [-0.3, -0.25) is 0 Å². The lowest BCUT2D eigenvalue weighted by atomic mass is 10.0. The van der Waals surface area contributed by atoms with Gasteiger partial charge in [0.15, 0.2) is 0 Å². The van der Waals surface area contributed by atoms with Crippen molar-refractivity contribution in [1.82, 2.24) is 14.9 Å². The lowest BCUT2D eigenvalue weighted by Gasteiger charge is -2.15. The first-order valence-electron chi connectivity index (χ1n) is 6.63. The Morgan fingerprint density at radius 2 is 2.47 bits per heavy atom. The van der Waals surface area contributed by atoms with Crippen LogP contribution in [-0.2, 0) is 17.8 Å². The van der Waals surface area contributed by atoms with Crippen LogP contribution < -0.4 is 5.32 Å². The van der Waals surface area contributed by atoms with E-state index in [1.54, 1.807) is 0 Å². The van der Waals surface area contributed by atoms with Gasteiger partial charge in [-0.05, 0) is 25.7 Å². The third-order valence-electron chi connectivity index (χ3n) is 3.49. The maximum atomic E-state index is 5.55. The number of hydrogen-bond donors (Lipinski definition) is 1. The minimum absolute atomic E-state index is 0.401. The van der Waals surface area contributed by atoms with Gasteiger partial charge in [0.2, 0.25) is 0 Å². The standard InChI is InChI=1S/C13H23N3O/c1-3-6-16-7-5-15-13(16)10-14-9-12-4-8-17-11(12)2/h5,7,11-12,14H,3-4,6,8-10H2,1-2H3. The fraction of sp³-hybridized carbons (Fsp3) is 0.769. The summed E-state index contributed by atoms with van der Waals surface area (Å²) in [5.41, 5.74) is 0. The molecule has 1 aromatic rings. The van der Waals surface area contributed by atoms with Gasteiger partial charge in [0, 0.05) is 32.1 Å². The first kappa shape index (κ1) is 12.6.